The number of rotatable bonds is 7. The number of piperazine rings is 1. The highest BCUT2D eigenvalue weighted by molar-refractivity contribution is 5.92. The standard InChI is InChI=1S/C24H26FN5O3/c1-29-7-9-30(10-8-29)17-5-3-16(4-6-17)20-14-23(33-28-20)24-18-13-19(25)22(32-12-11-31-2)15-21(18)26-27-24/h3-6,13-15H,7-12H2,1-2H3,(H,26,27). The van der Waals surface area contributed by atoms with Crippen molar-refractivity contribution in [2.24, 2.45) is 0 Å². The molecule has 1 fully saturated rings. The fraction of sp³-hybridized carbons (Fsp3) is 0.333. The van der Waals surface area contributed by atoms with Gasteiger partial charge in [0.05, 0.1) is 12.1 Å². The van der Waals surface area contributed by atoms with Gasteiger partial charge in [-0.15, -0.1) is 0 Å². The Bertz CT molecular complexity index is 1230. The van der Waals surface area contributed by atoms with Crippen LogP contribution in [0.1, 0.15) is 0 Å². The van der Waals surface area contributed by atoms with Crippen molar-refractivity contribution >= 4 is 16.6 Å². The van der Waals surface area contributed by atoms with Crippen LogP contribution in [0.2, 0.25) is 0 Å². The van der Waals surface area contributed by atoms with Crippen LogP contribution in [-0.2, 0) is 4.74 Å². The van der Waals surface area contributed by atoms with Crippen LogP contribution in [0.3, 0.4) is 0 Å². The molecule has 2 aromatic carbocycles. The molecule has 3 heterocycles. The van der Waals surface area contributed by atoms with Gasteiger partial charge >= 0.3 is 0 Å². The molecule has 0 spiro atoms. The van der Waals surface area contributed by atoms with Gasteiger partial charge in [0.2, 0.25) is 0 Å². The second-order valence-electron chi connectivity index (χ2n) is 8.16. The maximum Gasteiger partial charge on any atom is 0.188 e. The summed E-state index contributed by atoms with van der Waals surface area (Å²) in [5.74, 6) is 0.140. The lowest BCUT2D eigenvalue weighted by atomic mass is 10.1. The van der Waals surface area contributed by atoms with E-state index in [-0.39, 0.29) is 12.4 Å². The van der Waals surface area contributed by atoms with Crippen molar-refractivity contribution in [2.75, 3.05) is 58.5 Å². The van der Waals surface area contributed by atoms with Gasteiger partial charge in [-0.2, -0.15) is 5.10 Å². The maximum atomic E-state index is 14.5. The first-order valence-corrected chi connectivity index (χ1v) is 10.9. The Hall–Kier alpha value is -3.43. The van der Waals surface area contributed by atoms with Crippen molar-refractivity contribution in [2.45, 2.75) is 0 Å². The van der Waals surface area contributed by atoms with Gasteiger partial charge in [0.15, 0.2) is 17.3 Å². The number of H-pyrrole nitrogens is 1. The molecule has 0 atom stereocenters. The van der Waals surface area contributed by atoms with Crippen LogP contribution in [-0.4, -0.2) is 73.8 Å². The monoisotopic (exact) mass is 451 g/mol. The summed E-state index contributed by atoms with van der Waals surface area (Å²) in [6, 6.07) is 13.1. The molecule has 8 nitrogen and oxygen atoms in total. The van der Waals surface area contributed by atoms with Crippen molar-refractivity contribution in [3.63, 3.8) is 0 Å². The molecule has 5 rings (SSSR count). The number of halogens is 1. The van der Waals surface area contributed by atoms with E-state index in [4.69, 9.17) is 14.0 Å². The van der Waals surface area contributed by atoms with Crippen molar-refractivity contribution in [1.29, 1.82) is 0 Å². The third-order valence-corrected chi connectivity index (χ3v) is 5.94. The van der Waals surface area contributed by atoms with Gasteiger partial charge in [-0.25, -0.2) is 4.39 Å². The quantitative estimate of drug-likeness (QED) is 0.428. The topological polar surface area (TPSA) is 79.7 Å². The number of methoxy groups -OCH3 is 1. The van der Waals surface area contributed by atoms with E-state index in [0.717, 1.165) is 31.7 Å². The Morgan fingerprint density at radius 2 is 1.85 bits per heavy atom. The first-order chi connectivity index (χ1) is 16.1. The van der Waals surface area contributed by atoms with Crippen LogP contribution in [0.25, 0.3) is 33.6 Å². The third kappa shape index (κ3) is 4.42. The van der Waals surface area contributed by atoms with Crippen LogP contribution in [0.15, 0.2) is 47.0 Å². The number of aromatic amines is 1. The van der Waals surface area contributed by atoms with Crippen LogP contribution < -0.4 is 9.64 Å². The minimum absolute atomic E-state index is 0.147. The van der Waals surface area contributed by atoms with Crippen LogP contribution >= 0.6 is 0 Å². The Morgan fingerprint density at radius 3 is 2.61 bits per heavy atom. The summed E-state index contributed by atoms with van der Waals surface area (Å²) in [7, 11) is 3.72. The van der Waals surface area contributed by atoms with Gasteiger partial charge in [-0.3, -0.25) is 5.10 Å². The molecule has 0 saturated carbocycles. The predicted octanol–water partition coefficient (Wildman–Crippen LogP) is 3.80. The van der Waals surface area contributed by atoms with Crippen LogP contribution in [0.5, 0.6) is 5.75 Å². The maximum absolute atomic E-state index is 14.5. The summed E-state index contributed by atoms with van der Waals surface area (Å²) in [4.78, 5) is 4.72. The average molecular weight is 452 g/mol. The number of nitrogens with one attached hydrogen (secondary N) is 1. The molecule has 2 aromatic heterocycles. The van der Waals surface area contributed by atoms with E-state index in [1.165, 1.54) is 11.8 Å². The van der Waals surface area contributed by atoms with Crippen molar-refractivity contribution < 1.29 is 18.4 Å². The summed E-state index contributed by atoms with van der Waals surface area (Å²) < 4.78 is 30.5. The van der Waals surface area contributed by atoms with Gasteiger partial charge in [-0.05, 0) is 25.2 Å². The molecule has 9 heteroatoms. The molecule has 1 saturated heterocycles. The molecule has 1 aliphatic heterocycles. The lowest BCUT2D eigenvalue weighted by molar-refractivity contribution is 0.144. The van der Waals surface area contributed by atoms with E-state index in [9.17, 15) is 4.39 Å². The fourth-order valence-electron chi connectivity index (χ4n) is 3.98. The van der Waals surface area contributed by atoms with E-state index < -0.39 is 5.82 Å². The van der Waals surface area contributed by atoms with E-state index in [0.29, 0.717) is 34.7 Å². The number of benzene rings is 2. The lowest BCUT2D eigenvalue weighted by Gasteiger charge is -2.34. The normalized spacial score (nSPS) is 14.8. The van der Waals surface area contributed by atoms with Gasteiger partial charge in [0.1, 0.15) is 18.0 Å². The molecular weight excluding hydrogens is 425 g/mol. The zero-order chi connectivity index (χ0) is 22.8. The number of hydrogen-bond donors (Lipinski definition) is 1. The zero-order valence-electron chi connectivity index (χ0n) is 18.7. The molecule has 0 unspecified atom stereocenters. The van der Waals surface area contributed by atoms with Gasteiger partial charge in [0, 0.05) is 62.1 Å². The van der Waals surface area contributed by atoms with Gasteiger partial charge < -0.3 is 23.8 Å². The fourth-order valence-corrected chi connectivity index (χ4v) is 3.98. The third-order valence-electron chi connectivity index (χ3n) is 5.94. The van der Waals surface area contributed by atoms with E-state index in [2.05, 4.69) is 44.3 Å². The molecule has 0 aliphatic carbocycles. The number of nitrogens with zero attached hydrogens (tertiary/aromatic N) is 4. The van der Waals surface area contributed by atoms with Crippen molar-refractivity contribution in [3.05, 3.63) is 48.3 Å². The van der Waals surface area contributed by atoms with Gasteiger partial charge in [-0.1, -0.05) is 17.3 Å². The number of aromatic nitrogens is 3. The predicted molar refractivity (Wildman–Crippen MR) is 124 cm³/mol. The number of ether oxygens (including phenoxy) is 2. The van der Waals surface area contributed by atoms with Crippen LogP contribution in [0, 0.1) is 5.82 Å². The highest BCUT2D eigenvalue weighted by Gasteiger charge is 2.18. The SMILES string of the molecule is COCCOc1cc2[nH]nc(-c3cc(-c4ccc(N5CCN(C)CC5)cc4)no3)c2cc1F. The smallest absolute Gasteiger partial charge is 0.188 e. The Balaban J connectivity index is 1.35. The first-order valence-electron chi connectivity index (χ1n) is 10.9. The Labute approximate surface area is 190 Å². The zero-order valence-corrected chi connectivity index (χ0v) is 18.7. The number of likely N-dealkylation sites (N-methyl/N-ethyl adjacent to an activating group) is 1. The highest BCUT2D eigenvalue weighted by Crippen LogP contribution is 2.33. The van der Waals surface area contributed by atoms with E-state index in [1.54, 1.807) is 13.2 Å². The Kier molecular flexibility index (Phi) is 5.97. The van der Waals surface area contributed by atoms with E-state index >= 15 is 0 Å². The molecule has 172 valence electrons. The molecule has 0 radical (unpaired) electrons. The summed E-state index contributed by atoms with van der Waals surface area (Å²) >= 11 is 0. The van der Waals surface area contributed by atoms with E-state index in [1.807, 2.05) is 18.2 Å². The van der Waals surface area contributed by atoms with Crippen LogP contribution in [0.4, 0.5) is 10.1 Å². The molecule has 33 heavy (non-hydrogen) atoms. The summed E-state index contributed by atoms with van der Waals surface area (Å²) in [5.41, 5.74) is 4.00. The minimum atomic E-state index is -0.472. The molecule has 0 bridgehead atoms. The van der Waals surface area contributed by atoms with Crippen molar-refractivity contribution in [3.8, 4) is 28.5 Å². The lowest BCUT2D eigenvalue weighted by Crippen LogP contribution is -2.44. The summed E-state index contributed by atoms with van der Waals surface area (Å²) in [6.07, 6.45) is 0. The number of fused-ring (bicyclic) bond motifs is 1. The molecule has 1 N–H and O–H groups in total. The first kappa shape index (κ1) is 21.4. The van der Waals surface area contributed by atoms with Gasteiger partial charge in [0.25, 0.3) is 0 Å². The number of anilines is 1. The second kappa shape index (κ2) is 9.21. The molecule has 4 aromatic rings. The largest absolute Gasteiger partial charge is 0.488 e. The second-order valence-corrected chi connectivity index (χ2v) is 8.16. The van der Waals surface area contributed by atoms with Crippen molar-refractivity contribution in [1.82, 2.24) is 20.3 Å². The number of hydrogen-bond acceptors (Lipinski definition) is 7. The summed E-state index contributed by atoms with van der Waals surface area (Å²) in [5, 5.41) is 12.0. The summed E-state index contributed by atoms with van der Waals surface area (Å²) in [6.45, 7) is 4.81. The molecular formula is C24H26FN5O3. The Morgan fingerprint density at radius 1 is 1.06 bits per heavy atom. The molecule has 1 aliphatic rings. The minimum Gasteiger partial charge on any atom is -0.488 e. The average Bonchev–Trinajstić information content (AvgIpc) is 3.47. The highest BCUT2D eigenvalue weighted by atomic mass is 19.1. The molecule has 0 amide bonds.